The van der Waals surface area contributed by atoms with Gasteiger partial charge in [0, 0.05) is 16.8 Å². The molecule has 6 nitrogen and oxygen atoms in total. The zero-order valence-corrected chi connectivity index (χ0v) is 15.9. The number of carbonyl (C=O) groups excluding carboxylic acids is 1. The molecule has 1 saturated carbocycles. The van der Waals surface area contributed by atoms with E-state index >= 15 is 0 Å². The topological polar surface area (TPSA) is 95.5 Å². The minimum absolute atomic E-state index is 0. The molecule has 3 N–H and O–H groups in total. The first-order valence-corrected chi connectivity index (χ1v) is 8.52. The molecule has 0 saturated heterocycles. The minimum atomic E-state index is -4.37. The summed E-state index contributed by atoms with van der Waals surface area (Å²) in [5.74, 6) is 0. The third-order valence-corrected chi connectivity index (χ3v) is 4.42. The molecule has 0 atom stereocenters. The number of amides is 2. The molecule has 0 aromatic heterocycles. The van der Waals surface area contributed by atoms with Gasteiger partial charge in [-0.15, -0.1) is 0 Å². The van der Waals surface area contributed by atoms with Crippen molar-refractivity contribution in [1.29, 1.82) is 0 Å². The first-order chi connectivity index (χ1) is 9.84. The van der Waals surface area contributed by atoms with E-state index in [1.54, 1.807) is 0 Å². The molecule has 2 rings (SSSR count). The Morgan fingerprint density at radius 1 is 1.23 bits per heavy atom. The average Bonchev–Trinajstić information content (AvgIpc) is 2.37. The Balaban J connectivity index is 0.00000242. The van der Waals surface area contributed by atoms with Crippen LogP contribution in [0.5, 0.6) is 0 Å². The van der Waals surface area contributed by atoms with Crippen LogP contribution in [0.3, 0.4) is 0 Å². The van der Waals surface area contributed by atoms with Crippen molar-refractivity contribution in [2.45, 2.75) is 43.0 Å². The third kappa shape index (κ3) is 6.06. The summed E-state index contributed by atoms with van der Waals surface area (Å²) in [4.78, 5) is 11.5. The zero-order chi connectivity index (χ0) is 15.5. The summed E-state index contributed by atoms with van der Waals surface area (Å²) in [5.41, 5.74) is 0.212. The van der Waals surface area contributed by atoms with Gasteiger partial charge in [0.1, 0.15) is 0 Å². The van der Waals surface area contributed by atoms with Gasteiger partial charge in [0.05, 0.1) is 4.90 Å². The van der Waals surface area contributed by atoms with Crippen molar-refractivity contribution in [3.63, 3.8) is 0 Å². The van der Waals surface area contributed by atoms with Crippen LogP contribution in [0.25, 0.3) is 0 Å². The summed E-state index contributed by atoms with van der Waals surface area (Å²) >= 11 is 5.78. The Labute approximate surface area is 158 Å². The van der Waals surface area contributed by atoms with Crippen LogP contribution < -0.4 is 40.2 Å². The normalized spacial score (nSPS) is 15.7. The number of urea groups is 1. The fraction of sp³-hybridized carbons (Fsp3) is 0.462. The molecule has 1 aliphatic carbocycles. The van der Waals surface area contributed by atoms with Crippen LogP contribution in [0.4, 0.5) is 10.5 Å². The Morgan fingerprint density at radius 2 is 1.86 bits per heavy atom. The molecule has 0 unspecified atom stereocenters. The standard InChI is InChI=1S/C13H17ClN2O4S.Na.H/c14-9-6-11(8-12(7-9)21(18,19)20)16-13(17)15-10-4-2-1-3-5-10;;/h6-8,10H,1-5H2,(H2,15,16,17)(H,18,19,20);;/q;+1;-1. The van der Waals surface area contributed by atoms with Gasteiger partial charge in [-0.2, -0.15) is 8.42 Å². The molecule has 9 heteroatoms. The Morgan fingerprint density at radius 3 is 2.45 bits per heavy atom. The van der Waals surface area contributed by atoms with Crippen LogP contribution in [-0.2, 0) is 10.1 Å². The van der Waals surface area contributed by atoms with Crippen molar-refractivity contribution < 1.29 is 48.7 Å². The molecule has 1 aliphatic rings. The van der Waals surface area contributed by atoms with Gasteiger partial charge in [-0.25, -0.2) is 4.79 Å². The molecule has 0 heterocycles. The van der Waals surface area contributed by atoms with Crippen molar-refractivity contribution >= 4 is 33.4 Å². The molecular formula is C13H18ClN2NaO4S. The molecule has 118 valence electrons. The number of rotatable bonds is 3. The summed E-state index contributed by atoms with van der Waals surface area (Å²) in [6, 6.07) is 3.41. The predicted octanol–water partition coefficient (Wildman–Crippen LogP) is 0.157. The van der Waals surface area contributed by atoms with Gasteiger partial charge in [-0.05, 0) is 31.0 Å². The largest absolute Gasteiger partial charge is 1.00 e. The smallest absolute Gasteiger partial charge is 1.00 e. The fourth-order valence-electron chi connectivity index (χ4n) is 2.38. The van der Waals surface area contributed by atoms with Crippen LogP contribution >= 0.6 is 11.6 Å². The average molecular weight is 357 g/mol. The molecule has 0 bridgehead atoms. The summed E-state index contributed by atoms with van der Waals surface area (Å²) in [6.07, 6.45) is 5.26. The maximum Gasteiger partial charge on any atom is 1.00 e. The summed E-state index contributed by atoms with van der Waals surface area (Å²) < 4.78 is 31.2. The molecule has 0 aliphatic heterocycles. The van der Waals surface area contributed by atoms with Gasteiger partial charge in [0.2, 0.25) is 0 Å². The van der Waals surface area contributed by atoms with Crippen LogP contribution in [0.15, 0.2) is 23.1 Å². The number of halogens is 1. The third-order valence-electron chi connectivity index (χ3n) is 3.37. The van der Waals surface area contributed by atoms with E-state index in [-0.39, 0.29) is 52.6 Å². The minimum Gasteiger partial charge on any atom is -1.00 e. The monoisotopic (exact) mass is 356 g/mol. The van der Waals surface area contributed by atoms with Crippen LogP contribution in [0.2, 0.25) is 5.02 Å². The first-order valence-electron chi connectivity index (χ1n) is 6.70. The molecule has 0 spiro atoms. The molecule has 1 fully saturated rings. The Kier molecular flexibility index (Phi) is 7.64. The van der Waals surface area contributed by atoms with E-state index in [1.165, 1.54) is 12.5 Å². The first kappa shape index (κ1) is 19.7. The van der Waals surface area contributed by atoms with Gasteiger partial charge >= 0.3 is 35.6 Å². The van der Waals surface area contributed by atoms with Crippen molar-refractivity contribution in [3.05, 3.63) is 23.2 Å². The van der Waals surface area contributed by atoms with Gasteiger partial charge in [0.25, 0.3) is 10.1 Å². The number of hydrogen-bond acceptors (Lipinski definition) is 3. The van der Waals surface area contributed by atoms with Crippen molar-refractivity contribution in [3.8, 4) is 0 Å². The second-order valence-electron chi connectivity index (χ2n) is 5.08. The van der Waals surface area contributed by atoms with Crippen molar-refractivity contribution in [2.24, 2.45) is 0 Å². The van der Waals surface area contributed by atoms with Gasteiger partial charge < -0.3 is 12.1 Å². The second kappa shape index (κ2) is 8.52. The number of benzene rings is 1. The maximum absolute atomic E-state index is 11.9. The zero-order valence-electron chi connectivity index (χ0n) is 13.3. The maximum atomic E-state index is 11.9. The predicted molar refractivity (Wildman–Crippen MR) is 81.4 cm³/mol. The SMILES string of the molecule is O=C(Nc1cc(Cl)cc(S(=O)(=O)O)c1)NC1CCCCC1.[H-].[Na+]. The number of nitrogens with one attached hydrogen (secondary N) is 2. The summed E-state index contributed by atoms with van der Waals surface area (Å²) in [7, 11) is -4.37. The summed E-state index contributed by atoms with van der Waals surface area (Å²) in [6.45, 7) is 0. The van der Waals surface area contributed by atoms with E-state index in [0.29, 0.717) is 0 Å². The van der Waals surface area contributed by atoms with Crippen molar-refractivity contribution in [1.82, 2.24) is 5.32 Å². The number of anilines is 1. The van der Waals surface area contributed by atoms with E-state index in [1.807, 2.05) is 0 Å². The summed E-state index contributed by atoms with van der Waals surface area (Å²) in [5, 5.41) is 5.48. The van der Waals surface area contributed by atoms with Gasteiger partial charge in [0.15, 0.2) is 0 Å². The second-order valence-corrected chi connectivity index (χ2v) is 6.94. The molecule has 0 radical (unpaired) electrons. The fourth-order valence-corrected chi connectivity index (χ4v) is 3.23. The Bertz CT molecular complexity index is 639. The number of hydrogen-bond donors (Lipinski definition) is 3. The number of carbonyl (C=O) groups is 1. The van der Waals surface area contributed by atoms with Crippen LogP contribution in [0, 0.1) is 0 Å². The van der Waals surface area contributed by atoms with E-state index in [4.69, 9.17) is 16.2 Å². The molecular weight excluding hydrogens is 339 g/mol. The van der Waals surface area contributed by atoms with Crippen molar-refractivity contribution in [2.75, 3.05) is 5.32 Å². The van der Waals surface area contributed by atoms with E-state index in [9.17, 15) is 13.2 Å². The van der Waals surface area contributed by atoms with Crippen LogP contribution in [0.1, 0.15) is 33.5 Å². The van der Waals surface area contributed by atoms with Gasteiger partial charge in [-0.3, -0.25) is 4.55 Å². The molecule has 2 amide bonds. The van der Waals surface area contributed by atoms with Gasteiger partial charge in [-0.1, -0.05) is 30.9 Å². The quantitative estimate of drug-likeness (QED) is 0.531. The molecule has 22 heavy (non-hydrogen) atoms. The Hall–Kier alpha value is -0.310. The molecule has 1 aromatic carbocycles. The van der Waals surface area contributed by atoms with E-state index in [2.05, 4.69) is 10.6 Å². The van der Waals surface area contributed by atoms with Crippen LogP contribution in [-0.4, -0.2) is 25.0 Å². The van der Waals surface area contributed by atoms with E-state index in [0.717, 1.165) is 37.8 Å². The molecule has 1 aromatic rings. The van der Waals surface area contributed by atoms with E-state index < -0.39 is 16.1 Å².